The molecule has 1 N–H and O–H groups in total. The van der Waals surface area contributed by atoms with E-state index in [-0.39, 0.29) is 5.91 Å². The van der Waals surface area contributed by atoms with Gasteiger partial charge < -0.3 is 5.32 Å². The quantitative estimate of drug-likeness (QED) is 0.871. The Bertz CT molecular complexity index is 561. The fourth-order valence-corrected chi connectivity index (χ4v) is 5.75. The first-order chi connectivity index (χ1) is 10.3. The Hall–Kier alpha value is -1.03. The van der Waals surface area contributed by atoms with E-state index in [4.69, 9.17) is 0 Å². The van der Waals surface area contributed by atoms with Gasteiger partial charge in [-0.2, -0.15) is 0 Å². The highest BCUT2D eigenvalue weighted by molar-refractivity contribution is 7.98. The van der Waals surface area contributed by atoms with Crippen molar-refractivity contribution < 1.29 is 4.79 Å². The summed E-state index contributed by atoms with van der Waals surface area (Å²) in [5.41, 5.74) is 0.732. The van der Waals surface area contributed by atoms with Crippen LogP contribution in [0.5, 0.6) is 0 Å². The molecule has 1 aromatic rings. The smallest absolute Gasteiger partial charge is 0.254 e. The predicted molar refractivity (Wildman–Crippen MR) is 84.3 cm³/mol. The Labute approximate surface area is 130 Å². The number of aromatic nitrogens is 1. The first kappa shape index (κ1) is 13.6. The lowest BCUT2D eigenvalue weighted by Crippen LogP contribution is -2.42. The highest BCUT2D eigenvalue weighted by Gasteiger charge is 2.54. The summed E-state index contributed by atoms with van der Waals surface area (Å²) < 4.78 is 0. The van der Waals surface area contributed by atoms with Gasteiger partial charge in [-0.1, -0.05) is 6.42 Å². The number of pyridine rings is 1. The van der Waals surface area contributed by atoms with E-state index in [0.29, 0.717) is 6.04 Å². The summed E-state index contributed by atoms with van der Waals surface area (Å²) in [5.74, 6) is 3.55. The van der Waals surface area contributed by atoms with Crippen molar-refractivity contribution in [2.45, 2.75) is 43.2 Å². The number of carbonyl (C=O) groups excluding carboxylic acids is 1. The van der Waals surface area contributed by atoms with Crippen molar-refractivity contribution in [2.24, 2.45) is 23.7 Å². The maximum atomic E-state index is 12.6. The second-order valence-corrected chi connectivity index (χ2v) is 7.59. The molecule has 4 rings (SSSR count). The van der Waals surface area contributed by atoms with Gasteiger partial charge in [0.25, 0.3) is 5.91 Å². The molecule has 0 aliphatic heterocycles. The van der Waals surface area contributed by atoms with Crippen molar-refractivity contribution >= 4 is 17.7 Å². The zero-order chi connectivity index (χ0) is 14.4. The third-order valence-electron chi connectivity index (χ3n) is 5.95. The first-order valence-electron chi connectivity index (χ1n) is 8.08. The van der Waals surface area contributed by atoms with Crippen LogP contribution < -0.4 is 5.32 Å². The lowest BCUT2D eigenvalue weighted by molar-refractivity contribution is 0.0897. The Morgan fingerprint density at radius 3 is 3.00 bits per heavy atom. The molecule has 3 aliphatic carbocycles. The molecule has 21 heavy (non-hydrogen) atoms. The van der Waals surface area contributed by atoms with E-state index in [2.05, 4.69) is 10.3 Å². The van der Waals surface area contributed by atoms with Crippen LogP contribution in [0.25, 0.3) is 0 Å². The van der Waals surface area contributed by atoms with Gasteiger partial charge >= 0.3 is 0 Å². The molecule has 1 aromatic heterocycles. The van der Waals surface area contributed by atoms with Crippen molar-refractivity contribution in [3.8, 4) is 0 Å². The number of rotatable bonds is 3. The number of nitrogens with one attached hydrogen (secondary N) is 1. The van der Waals surface area contributed by atoms with Crippen LogP contribution in [0.3, 0.4) is 0 Å². The number of fused-ring (bicyclic) bond motifs is 5. The van der Waals surface area contributed by atoms with Crippen LogP contribution in [0.4, 0.5) is 0 Å². The molecule has 3 nitrogen and oxygen atoms in total. The number of hydrogen-bond acceptors (Lipinski definition) is 3. The third kappa shape index (κ3) is 2.19. The summed E-state index contributed by atoms with van der Waals surface area (Å²) in [6.45, 7) is 0. The van der Waals surface area contributed by atoms with E-state index < -0.39 is 0 Å². The van der Waals surface area contributed by atoms with Crippen LogP contribution in [0, 0.1) is 23.7 Å². The topological polar surface area (TPSA) is 42.0 Å². The minimum Gasteiger partial charge on any atom is -0.349 e. The highest BCUT2D eigenvalue weighted by atomic mass is 32.2. The van der Waals surface area contributed by atoms with Crippen LogP contribution in [0.1, 0.15) is 42.5 Å². The van der Waals surface area contributed by atoms with Crippen LogP contribution in [0.2, 0.25) is 0 Å². The van der Waals surface area contributed by atoms with Gasteiger partial charge in [0.15, 0.2) is 0 Å². The van der Waals surface area contributed by atoms with Crippen molar-refractivity contribution in [2.75, 3.05) is 6.26 Å². The average molecular weight is 302 g/mol. The maximum absolute atomic E-state index is 12.6. The molecule has 3 fully saturated rings. The fraction of sp³-hybridized carbons (Fsp3) is 0.647. The normalized spacial score (nSPS) is 36.7. The van der Waals surface area contributed by atoms with Gasteiger partial charge in [-0.05, 0) is 67.7 Å². The lowest BCUT2D eigenvalue weighted by atomic mass is 9.79. The van der Waals surface area contributed by atoms with E-state index in [1.807, 2.05) is 18.4 Å². The molecule has 0 aromatic carbocycles. The SMILES string of the molecule is CSc1ncccc1C(=O)NC1CC2CC1C1CCCC21. The summed E-state index contributed by atoms with van der Waals surface area (Å²) in [7, 11) is 0. The molecule has 3 aliphatic rings. The molecule has 5 atom stereocenters. The van der Waals surface area contributed by atoms with Gasteiger partial charge in [-0.15, -0.1) is 11.8 Å². The summed E-state index contributed by atoms with van der Waals surface area (Å²) in [6.07, 6.45) is 10.5. The van der Waals surface area contributed by atoms with Gasteiger partial charge in [0.1, 0.15) is 5.03 Å². The number of nitrogens with zero attached hydrogens (tertiary/aromatic N) is 1. The van der Waals surface area contributed by atoms with Crippen LogP contribution in [0.15, 0.2) is 23.4 Å². The summed E-state index contributed by atoms with van der Waals surface area (Å²) in [5, 5.41) is 4.15. The number of amides is 1. The Balaban J connectivity index is 1.48. The summed E-state index contributed by atoms with van der Waals surface area (Å²) in [6, 6.07) is 4.14. The Morgan fingerprint density at radius 2 is 2.14 bits per heavy atom. The Morgan fingerprint density at radius 1 is 1.29 bits per heavy atom. The van der Waals surface area contributed by atoms with E-state index >= 15 is 0 Å². The maximum Gasteiger partial charge on any atom is 0.254 e. The van der Waals surface area contributed by atoms with Crippen molar-refractivity contribution in [3.05, 3.63) is 23.9 Å². The highest BCUT2D eigenvalue weighted by Crippen LogP contribution is 2.58. The molecular formula is C17H22N2OS. The molecule has 1 heterocycles. The summed E-state index contributed by atoms with van der Waals surface area (Å²) in [4.78, 5) is 16.9. The molecule has 5 unspecified atom stereocenters. The van der Waals surface area contributed by atoms with Crippen LogP contribution >= 0.6 is 11.8 Å². The fourth-order valence-electron chi connectivity index (χ4n) is 5.21. The molecule has 0 saturated heterocycles. The number of thioether (sulfide) groups is 1. The van der Waals surface area contributed by atoms with Gasteiger partial charge in [0.05, 0.1) is 5.56 Å². The third-order valence-corrected chi connectivity index (χ3v) is 6.67. The zero-order valence-corrected chi connectivity index (χ0v) is 13.2. The van der Waals surface area contributed by atoms with Gasteiger partial charge in [0, 0.05) is 12.2 Å². The largest absolute Gasteiger partial charge is 0.349 e. The van der Waals surface area contributed by atoms with Crippen molar-refractivity contribution in [1.82, 2.24) is 10.3 Å². The molecule has 4 heteroatoms. The van der Waals surface area contributed by atoms with E-state index in [0.717, 1.165) is 34.3 Å². The number of carbonyl (C=O) groups is 1. The second kappa shape index (κ2) is 5.31. The Kier molecular flexibility index (Phi) is 3.44. The minimum atomic E-state index is 0.0690. The van der Waals surface area contributed by atoms with E-state index in [9.17, 15) is 4.79 Å². The van der Waals surface area contributed by atoms with Crippen molar-refractivity contribution in [1.29, 1.82) is 0 Å². The lowest BCUT2D eigenvalue weighted by Gasteiger charge is -2.32. The van der Waals surface area contributed by atoms with Crippen LogP contribution in [-0.2, 0) is 0 Å². The predicted octanol–water partition coefficient (Wildman–Crippen LogP) is 3.36. The standard InChI is InChI=1S/C17H22N2OS/c1-21-17-13(6-3-7-18-17)16(20)19-15-9-10-8-14(15)12-5-2-4-11(10)12/h3,6-7,10-12,14-15H,2,4-5,8-9H2,1H3,(H,19,20). The molecule has 0 spiro atoms. The van der Waals surface area contributed by atoms with Gasteiger partial charge in [-0.3, -0.25) is 4.79 Å². The molecule has 2 bridgehead atoms. The van der Waals surface area contributed by atoms with E-state index in [1.165, 1.54) is 32.1 Å². The van der Waals surface area contributed by atoms with Crippen LogP contribution in [-0.4, -0.2) is 23.2 Å². The first-order valence-corrected chi connectivity index (χ1v) is 9.30. The monoisotopic (exact) mass is 302 g/mol. The minimum absolute atomic E-state index is 0.0690. The molecule has 3 saturated carbocycles. The van der Waals surface area contributed by atoms with Gasteiger partial charge in [-0.25, -0.2) is 4.98 Å². The molecule has 112 valence electrons. The molecule has 0 radical (unpaired) electrons. The van der Waals surface area contributed by atoms with E-state index in [1.54, 1.807) is 18.0 Å². The summed E-state index contributed by atoms with van der Waals surface area (Å²) >= 11 is 1.54. The zero-order valence-electron chi connectivity index (χ0n) is 12.4. The average Bonchev–Trinajstić information content (AvgIpc) is 3.19. The molecular weight excluding hydrogens is 280 g/mol. The van der Waals surface area contributed by atoms with Crippen molar-refractivity contribution in [3.63, 3.8) is 0 Å². The molecule has 1 amide bonds. The number of hydrogen-bond donors (Lipinski definition) is 1. The van der Waals surface area contributed by atoms with Gasteiger partial charge in [0.2, 0.25) is 0 Å². The second-order valence-electron chi connectivity index (χ2n) is 6.79.